The largest absolute Gasteiger partial charge is 0.493 e. The Hall–Kier alpha value is -3.19. The van der Waals surface area contributed by atoms with Crippen molar-refractivity contribution in [1.29, 1.82) is 0 Å². The maximum absolute atomic E-state index is 12.6. The third kappa shape index (κ3) is 4.20. The Kier molecular flexibility index (Phi) is 6.06. The molecule has 0 saturated heterocycles. The van der Waals surface area contributed by atoms with E-state index in [9.17, 15) is 9.59 Å². The van der Waals surface area contributed by atoms with E-state index in [4.69, 9.17) is 14.2 Å². The number of esters is 1. The van der Waals surface area contributed by atoms with E-state index in [0.29, 0.717) is 27.6 Å². The third-order valence-electron chi connectivity index (χ3n) is 4.01. The van der Waals surface area contributed by atoms with E-state index >= 15 is 0 Å². The predicted molar refractivity (Wildman–Crippen MR) is 106 cm³/mol. The summed E-state index contributed by atoms with van der Waals surface area (Å²) in [7, 11) is 3.01. The van der Waals surface area contributed by atoms with Crippen LogP contribution in [0.4, 0.5) is 0 Å². The number of methoxy groups -OCH3 is 2. The van der Waals surface area contributed by atoms with Crippen molar-refractivity contribution in [3.8, 4) is 22.8 Å². The minimum Gasteiger partial charge on any atom is -0.493 e. The average Bonchev–Trinajstić information content (AvgIpc) is 3.13. The van der Waals surface area contributed by atoms with Crippen molar-refractivity contribution >= 4 is 23.1 Å². The van der Waals surface area contributed by atoms with E-state index in [1.54, 1.807) is 18.2 Å². The summed E-state index contributed by atoms with van der Waals surface area (Å²) in [6.45, 7) is 1.45. The van der Waals surface area contributed by atoms with Crippen molar-refractivity contribution in [2.24, 2.45) is 0 Å². The van der Waals surface area contributed by atoms with Gasteiger partial charge in [0.15, 0.2) is 23.9 Å². The van der Waals surface area contributed by atoms with Gasteiger partial charge in [0, 0.05) is 11.1 Å². The number of aromatic nitrogens is 1. The lowest BCUT2D eigenvalue weighted by molar-refractivity contribution is 0.0480. The Morgan fingerprint density at radius 1 is 1.00 bits per heavy atom. The van der Waals surface area contributed by atoms with Gasteiger partial charge in [0.2, 0.25) is 0 Å². The Morgan fingerprint density at radius 2 is 1.71 bits per heavy atom. The van der Waals surface area contributed by atoms with E-state index in [1.165, 1.54) is 25.6 Å². The van der Waals surface area contributed by atoms with E-state index in [0.717, 1.165) is 10.6 Å². The molecule has 0 aliphatic heterocycles. The minimum atomic E-state index is -0.571. The van der Waals surface area contributed by atoms with Crippen molar-refractivity contribution in [3.05, 3.63) is 64.0 Å². The molecule has 2 aromatic carbocycles. The fraction of sp³-hybridized carbons (Fsp3) is 0.190. The van der Waals surface area contributed by atoms with Crippen LogP contribution in [0.5, 0.6) is 11.5 Å². The average molecular weight is 397 g/mol. The van der Waals surface area contributed by atoms with Gasteiger partial charge in [0.05, 0.1) is 24.9 Å². The summed E-state index contributed by atoms with van der Waals surface area (Å²) >= 11 is 1.24. The van der Waals surface area contributed by atoms with Crippen LogP contribution in [-0.4, -0.2) is 37.6 Å². The lowest BCUT2D eigenvalue weighted by Crippen LogP contribution is -2.14. The molecule has 0 radical (unpaired) electrons. The van der Waals surface area contributed by atoms with E-state index in [-0.39, 0.29) is 12.4 Å². The van der Waals surface area contributed by atoms with Gasteiger partial charge >= 0.3 is 5.97 Å². The first-order valence-corrected chi connectivity index (χ1v) is 9.30. The number of thiazole rings is 1. The molecule has 0 N–H and O–H groups in total. The second-order valence-corrected chi connectivity index (χ2v) is 7.05. The number of ketones is 1. The molecule has 3 rings (SSSR count). The van der Waals surface area contributed by atoms with Gasteiger partial charge in [-0.3, -0.25) is 4.79 Å². The van der Waals surface area contributed by atoms with Crippen LogP contribution >= 0.6 is 11.3 Å². The van der Waals surface area contributed by atoms with Gasteiger partial charge in [-0.2, -0.15) is 0 Å². The molecule has 1 heterocycles. The Morgan fingerprint density at radius 3 is 2.39 bits per heavy atom. The molecule has 0 fully saturated rings. The quantitative estimate of drug-likeness (QED) is 0.440. The zero-order valence-corrected chi connectivity index (χ0v) is 16.5. The number of carbonyl (C=O) groups is 2. The topological polar surface area (TPSA) is 74.7 Å². The molecule has 0 spiro atoms. The van der Waals surface area contributed by atoms with Crippen LogP contribution in [0.3, 0.4) is 0 Å². The Bertz CT molecular complexity index is 997. The first-order chi connectivity index (χ1) is 13.5. The highest BCUT2D eigenvalue weighted by Gasteiger charge is 2.21. The Balaban J connectivity index is 1.74. The molecule has 0 amide bonds. The molecule has 0 aliphatic rings. The molecule has 6 nitrogen and oxygen atoms in total. The van der Waals surface area contributed by atoms with Gasteiger partial charge in [-0.1, -0.05) is 30.3 Å². The van der Waals surface area contributed by atoms with Gasteiger partial charge in [-0.05, 0) is 25.1 Å². The molecule has 0 aliphatic carbocycles. The number of nitrogens with zero attached hydrogens (tertiary/aromatic N) is 1. The summed E-state index contributed by atoms with van der Waals surface area (Å²) in [6, 6.07) is 14.2. The standard InChI is InChI=1S/C21H19NO5S/c1-13-22-19(14-7-5-4-6-8-14)20(28-13)21(24)27-12-16(23)15-9-10-17(25-2)18(11-15)26-3/h4-11H,12H2,1-3H3. The molecular weight excluding hydrogens is 378 g/mol. The van der Waals surface area contributed by atoms with Crippen molar-refractivity contribution in [2.45, 2.75) is 6.92 Å². The molecule has 0 bridgehead atoms. The normalized spacial score (nSPS) is 10.4. The number of aryl methyl sites for hydroxylation is 1. The van der Waals surface area contributed by atoms with Crippen LogP contribution in [0.2, 0.25) is 0 Å². The number of carbonyl (C=O) groups excluding carboxylic acids is 2. The van der Waals surface area contributed by atoms with Crippen LogP contribution < -0.4 is 9.47 Å². The van der Waals surface area contributed by atoms with Gasteiger partial charge in [0.25, 0.3) is 0 Å². The highest BCUT2D eigenvalue weighted by Crippen LogP contribution is 2.29. The number of Topliss-reactive ketones (excluding diaryl/α,β-unsaturated/α-hetero) is 1. The number of hydrogen-bond donors (Lipinski definition) is 0. The lowest BCUT2D eigenvalue weighted by atomic mass is 10.1. The van der Waals surface area contributed by atoms with Crippen LogP contribution in [0, 0.1) is 6.92 Å². The molecule has 3 aromatic rings. The van der Waals surface area contributed by atoms with Gasteiger partial charge in [-0.15, -0.1) is 11.3 Å². The van der Waals surface area contributed by atoms with Gasteiger partial charge in [-0.25, -0.2) is 9.78 Å². The van der Waals surface area contributed by atoms with Crippen molar-refractivity contribution in [3.63, 3.8) is 0 Å². The molecule has 28 heavy (non-hydrogen) atoms. The summed E-state index contributed by atoms with van der Waals surface area (Å²) in [5.74, 6) is 0.0443. The van der Waals surface area contributed by atoms with Crippen LogP contribution in [0.25, 0.3) is 11.3 Å². The first-order valence-electron chi connectivity index (χ1n) is 8.48. The SMILES string of the molecule is COc1ccc(C(=O)COC(=O)c2sc(C)nc2-c2ccccc2)cc1OC. The molecule has 144 valence electrons. The zero-order chi connectivity index (χ0) is 20.1. The van der Waals surface area contributed by atoms with E-state index in [1.807, 2.05) is 37.3 Å². The summed E-state index contributed by atoms with van der Waals surface area (Å²) < 4.78 is 15.6. The summed E-state index contributed by atoms with van der Waals surface area (Å²) in [5.41, 5.74) is 1.76. The second kappa shape index (κ2) is 8.67. The predicted octanol–water partition coefficient (Wildman–Crippen LogP) is 4.18. The number of benzene rings is 2. The van der Waals surface area contributed by atoms with Gasteiger partial charge in [0.1, 0.15) is 4.88 Å². The maximum Gasteiger partial charge on any atom is 0.351 e. The molecule has 0 unspecified atom stereocenters. The fourth-order valence-electron chi connectivity index (χ4n) is 2.65. The van der Waals surface area contributed by atoms with Crippen molar-refractivity contribution in [1.82, 2.24) is 4.98 Å². The molecule has 0 atom stereocenters. The lowest BCUT2D eigenvalue weighted by Gasteiger charge is -2.09. The smallest absolute Gasteiger partial charge is 0.351 e. The van der Waals surface area contributed by atoms with Crippen LogP contribution in [0.15, 0.2) is 48.5 Å². The molecule has 0 saturated carbocycles. The molecule has 7 heteroatoms. The second-order valence-electron chi connectivity index (χ2n) is 5.85. The maximum atomic E-state index is 12.6. The highest BCUT2D eigenvalue weighted by molar-refractivity contribution is 7.14. The zero-order valence-electron chi connectivity index (χ0n) is 15.7. The van der Waals surface area contributed by atoms with Gasteiger partial charge < -0.3 is 14.2 Å². The highest BCUT2D eigenvalue weighted by atomic mass is 32.1. The first kappa shape index (κ1) is 19.6. The fourth-order valence-corrected chi connectivity index (χ4v) is 3.48. The monoisotopic (exact) mass is 397 g/mol. The Labute approximate surface area is 166 Å². The minimum absolute atomic E-state index is 0.336. The molecular formula is C21H19NO5S. The van der Waals surface area contributed by atoms with Crippen molar-refractivity contribution in [2.75, 3.05) is 20.8 Å². The summed E-state index contributed by atoms with van der Waals surface area (Å²) in [4.78, 5) is 29.8. The number of ether oxygens (including phenoxy) is 3. The van der Waals surface area contributed by atoms with E-state index in [2.05, 4.69) is 4.98 Å². The van der Waals surface area contributed by atoms with Crippen LogP contribution in [0.1, 0.15) is 25.0 Å². The molecule has 1 aromatic heterocycles. The number of hydrogen-bond acceptors (Lipinski definition) is 7. The van der Waals surface area contributed by atoms with Crippen molar-refractivity contribution < 1.29 is 23.8 Å². The van der Waals surface area contributed by atoms with Crippen LogP contribution in [-0.2, 0) is 4.74 Å². The number of rotatable bonds is 7. The summed E-state index contributed by atoms with van der Waals surface area (Å²) in [6.07, 6.45) is 0. The van der Waals surface area contributed by atoms with E-state index < -0.39 is 5.97 Å². The summed E-state index contributed by atoms with van der Waals surface area (Å²) in [5, 5.41) is 0.747. The third-order valence-corrected chi connectivity index (χ3v) is 4.96.